The van der Waals surface area contributed by atoms with Crippen LogP contribution in [0.2, 0.25) is 0 Å². The Kier molecular flexibility index (Phi) is 3.58. The van der Waals surface area contributed by atoms with E-state index in [2.05, 4.69) is 20.1 Å². The first-order chi connectivity index (χ1) is 11.6. The second-order valence-corrected chi connectivity index (χ2v) is 9.48. The van der Waals surface area contributed by atoms with Crippen molar-refractivity contribution in [2.75, 3.05) is 0 Å². The van der Waals surface area contributed by atoms with Crippen molar-refractivity contribution in [2.45, 2.75) is 52.1 Å². The highest BCUT2D eigenvalue weighted by atomic mass is 32.1. The predicted molar refractivity (Wildman–Crippen MR) is 99.0 cm³/mol. The minimum atomic E-state index is -1.39. The number of carbonyl (C=O) groups is 2. The van der Waals surface area contributed by atoms with E-state index in [4.69, 9.17) is 12.2 Å². The van der Waals surface area contributed by atoms with Gasteiger partial charge in [-0.1, -0.05) is 44.8 Å². The SMILES string of the molecule is C=C1C[C@@H]2[C@H](CC[C@]3(C)C(=O)CC[C@@H]23)[C@]2(C)C1C(=S)C(=O)C(=C)[C@H]2F. The van der Waals surface area contributed by atoms with Gasteiger partial charge in [0.05, 0.1) is 4.86 Å². The fourth-order valence-electron chi connectivity index (χ4n) is 6.77. The van der Waals surface area contributed by atoms with E-state index in [9.17, 15) is 9.59 Å². The minimum Gasteiger partial charge on any atom is -0.299 e. The topological polar surface area (TPSA) is 34.1 Å². The van der Waals surface area contributed by atoms with Crippen LogP contribution < -0.4 is 0 Å². The second-order valence-electron chi connectivity index (χ2n) is 9.04. The summed E-state index contributed by atoms with van der Waals surface area (Å²) in [4.78, 5) is 25.1. The van der Waals surface area contributed by atoms with Crippen LogP contribution in [0.4, 0.5) is 4.39 Å². The molecule has 0 radical (unpaired) electrons. The number of alkyl halides is 1. The van der Waals surface area contributed by atoms with E-state index in [1.165, 1.54) is 0 Å². The van der Waals surface area contributed by atoms with Crippen LogP contribution >= 0.6 is 12.2 Å². The molecule has 0 bridgehead atoms. The zero-order valence-corrected chi connectivity index (χ0v) is 15.8. The van der Waals surface area contributed by atoms with Gasteiger partial charge in [0.1, 0.15) is 12.0 Å². The van der Waals surface area contributed by atoms with Crippen molar-refractivity contribution in [2.24, 2.45) is 34.5 Å². The number of allylic oxidation sites excluding steroid dienone is 2. The minimum absolute atomic E-state index is 0.00744. The summed E-state index contributed by atoms with van der Waals surface area (Å²) in [6.45, 7) is 12.0. The Morgan fingerprint density at radius 2 is 1.84 bits per heavy atom. The molecule has 4 heteroatoms. The Morgan fingerprint density at radius 1 is 1.16 bits per heavy atom. The summed E-state index contributed by atoms with van der Waals surface area (Å²) in [5.41, 5.74) is -0.137. The molecule has 4 rings (SSSR count). The van der Waals surface area contributed by atoms with Crippen LogP contribution in [-0.2, 0) is 9.59 Å². The van der Waals surface area contributed by atoms with Crippen LogP contribution in [0.25, 0.3) is 0 Å². The first-order valence-corrected chi connectivity index (χ1v) is 9.67. The molecule has 4 aliphatic carbocycles. The molecule has 4 saturated carbocycles. The molecular weight excluding hydrogens is 335 g/mol. The van der Waals surface area contributed by atoms with Gasteiger partial charge in [-0.15, -0.1) is 0 Å². The van der Waals surface area contributed by atoms with Gasteiger partial charge in [-0.3, -0.25) is 9.59 Å². The molecule has 2 nitrogen and oxygen atoms in total. The van der Waals surface area contributed by atoms with E-state index in [0.717, 1.165) is 31.3 Å². The average molecular weight is 360 g/mol. The zero-order valence-electron chi connectivity index (χ0n) is 14.9. The predicted octanol–water partition coefficient (Wildman–Crippen LogP) is 4.43. The zero-order chi connectivity index (χ0) is 18.3. The Hall–Kier alpha value is -1.16. The molecule has 0 amide bonds. The van der Waals surface area contributed by atoms with Crippen LogP contribution in [0.3, 0.4) is 0 Å². The molecule has 1 unspecified atom stereocenters. The van der Waals surface area contributed by atoms with Gasteiger partial charge in [0.25, 0.3) is 0 Å². The lowest BCUT2D eigenvalue weighted by atomic mass is 9.43. The summed E-state index contributed by atoms with van der Waals surface area (Å²) in [6, 6.07) is 0. The summed E-state index contributed by atoms with van der Waals surface area (Å²) in [5.74, 6) is 0.245. The second kappa shape index (κ2) is 5.18. The van der Waals surface area contributed by atoms with Crippen LogP contribution in [0.1, 0.15) is 46.0 Å². The highest BCUT2D eigenvalue weighted by Gasteiger charge is 2.65. The van der Waals surface area contributed by atoms with Crippen molar-refractivity contribution >= 4 is 28.6 Å². The number of rotatable bonds is 0. The van der Waals surface area contributed by atoms with Gasteiger partial charge < -0.3 is 0 Å². The van der Waals surface area contributed by atoms with E-state index in [1.807, 2.05) is 6.92 Å². The fourth-order valence-corrected chi connectivity index (χ4v) is 7.32. The van der Waals surface area contributed by atoms with Crippen molar-refractivity contribution in [3.05, 3.63) is 24.3 Å². The maximum atomic E-state index is 15.5. The van der Waals surface area contributed by atoms with E-state index in [0.29, 0.717) is 23.0 Å². The molecule has 0 aromatic carbocycles. The molecular formula is C21H25FO2S. The van der Waals surface area contributed by atoms with E-state index in [-0.39, 0.29) is 28.7 Å². The summed E-state index contributed by atoms with van der Waals surface area (Å²) in [5, 5.41) is 0. The summed E-state index contributed by atoms with van der Waals surface area (Å²) in [6.07, 6.45) is 2.53. The Balaban J connectivity index is 1.81. The molecule has 0 aromatic rings. The van der Waals surface area contributed by atoms with E-state index < -0.39 is 17.4 Å². The van der Waals surface area contributed by atoms with Crippen molar-refractivity contribution in [1.82, 2.24) is 0 Å². The number of hydrogen-bond acceptors (Lipinski definition) is 3. The number of halogens is 1. The Bertz CT molecular complexity index is 740. The fraction of sp³-hybridized carbons (Fsp3) is 0.667. The third-order valence-corrected chi connectivity index (χ3v) is 8.52. The van der Waals surface area contributed by atoms with Crippen LogP contribution in [0.5, 0.6) is 0 Å². The van der Waals surface area contributed by atoms with E-state index in [1.54, 1.807) is 0 Å². The molecule has 7 atom stereocenters. The molecule has 0 aliphatic heterocycles. The Labute approximate surface area is 153 Å². The first-order valence-electron chi connectivity index (χ1n) is 9.26. The van der Waals surface area contributed by atoms with Gasteiger partial charge >= 0.3 is 0 Å². The summed E-state index contributed by atoms with van der Waals surface area (Å²) >= 11 is 5.44. The number of ketones is 2. The number of fused-ring (bicyclic) bond motifs is 5. The maximum Gasteiger partial charge on any atom is 0.198 e. The standard InChI is InChI=1S/C21H25FO2S/c1-10-9-12-13-5-6-15(23)20(13,3)8-7-14(12)21(4)16(10)18(25)17(24)11(2)19(21)22/h12-14,16,19H,1-2,5-9H2,3-4H3/t12-,13-,14-,16?,19+,20-,21+/m0/s1. The van der Waals surface area contributed by atoms with E-state index >= 15 is 4.39 Å². The van der Waals surface area contributed by atoms with Gasteiger partial charge in [0.15, 0.2) is 5.78 Å². The quantitative estimate of drug-likeness (QED) is 0.364. The van der Waals surface area contributed by atoms with Gasteiger partial charge in [0, 0.05) is 28.7 Å². The molecule has 0 saturated heterocycles. The lowest BCUT2D eigenvalue weighted by Gasteiger charge is -2.60. The average Bonchev–Trinajstić information content (AvgIpc) is 2.87. The molecule has 25 heavy (non-hydrogen) atoms. The van der Waals surface area contributed by atoms with Crippen molar-refractivity contribution in [3.63, 3.8) is 0 Å². The highest BCUT2D eigenvalue weighted by molar-refractivity contribution is 7.82. The third-order valence-electron chi connectivity index (χ3n) is 8.10. The lowest BCUT2D eigenvalue weighted by molar-refractivity contribution is -0.135. The maximum absolute atomic E-state index is 15.5. The smallest absolute Gasteiger partial charge is 0.198 e. The normalized spacial score (nSPS) is 49.7. The molecule has 134 valence electrons. The van der Waals surface area contributed by atoms with Crippen molar-refractivity contribution < 1.29 is 14.0 Å². The van der Waals surface area contributed by atoms with Gasteiger partial charge in [-0.05, 0) is 43.4 Å². The highest BCUT2D eigenvalue weighted by Crippen LogP contribution is 2.66. The number of thiocarbonyl (C=S) groups is 1. The summed E-state index contributed by atoms with van der Waals surface area (Å²) in [7, 11) is 0. The van der Waals surface area contributed by atoms with Crippen LogP contribution in [0, 0.1) is 34.5 Å². The summed E-state index contributed by atoms with van der Waals surface area (Å²) < 4.78 is 15.5. The van der Waals surface area contributed by atoms with Gasteiger partial charge in [-0.2, -0.15) is 0 Å². The molecule has 0 spiro atoms. The molecule has 0 N–H and O–H groups in total. The number of carbonyl (C=O) groups excluding carboxylic acids is 2. The molecule has 0 aromatic heterocycles. The largest absolute Gasteiger partial charge is 0.299 e. The van der Waals surface area contributed by atoms with Crippen LogP contribution in [0.15, 0.2) is 24.3 Å². The van der Waals surface area contributed by atoms with Gasteiger partial charge in [0.2, 0.25) is 0 Å². The molecule has 4 fully saturated rings. The van der Waals surface area contributed by atoms with Gasteiger partial charge in [-0.25, -0.2) is 4.39 Å². The monoisotopic (exact) mass is 360 g/mol. The first kappa shape index (κ1) is 17.3. The molecule has 4 aliphatic rings. The van der Waals surface area contributed by atoms with Crippen LogP contribution in [-0.4, -0.2) is 22.6 Å². The van der Waals surface area contributed by atoms with Crippen molar-refractivity contribution in [1.29, 1.82) is 0 Å². The Morgan fingerprint density at radius 3 is 2.52 bits per heavy atom. The number of Topliss-reactive ketones (excluding diaryl/α,β-unsaturated/α-hetero) is 2. The lowest BCUT2D eigenvalue weighted by Crippen LogP contribution is -2.61. The third kappa shape index (κ3) is 1.92. The number of hydrogen-bond donors (Lipinski definition) is 0. The molecule has 0 heterocycles. The van der Waals surface area contributed by atoms with Crippen molar-refractivity contribution in [3.8, 4) is 0 Å².